The number of fused-ring (bicyclic) bond motifs is 1. The molecule has 0 saturated heterocycles. The zero-order valence-corrected chi connectivity index (χ0v) is 21.5. The van der Waals surface area contributed by atoms with Crippen molar-refractivity contribution < 1.29 is 23.3 Å². The van der Waals surface area contributed by atoms with E-state index in [0.717, 1.165) is 5.75 Å². The molecule has 1 aliphatic carbocycles. The fraction of sp³-hybridized carbons (Fsp3) is 0.429. The molecule has 0 aromatic carbocycles. The molecule has 21 heavy (non-hydrogen) atoms. The van der Waals surface area contributed by atoms with Crippen LogP contribution >= 0.6 is 52.5 Å². The van der Waals surface area contributed by atoms with Crippen LogP contribution in [0.5, 0.6) is 0 Å². The number of hydrogen-bond donors (Lipinski definition) is 0. The summed E-state index contributed by atoms with van der Waals surface area (Å²) >= 11 is 6.96. The second-order valence-corrected chi connectivity index (χ2v) is 6.58. The predicted octanol–water partition coefficient (Wildman–Crippen LogP) is 5.69. The molecule has 0 radical (unpaired) electrons. The Hall–Kier alpha value is 1.69. The van der Waals surface area contributed by atoms with Gasteiger partial charge in [0, 0.05) is 5.75 Å². The Morgan fingerprint density at radius 1 is 1.29 bits per heavy atom. The van der Waals surface area contributed by atoms with Crippen molar-refractivity contribution in [1.29, 1.82) is 0 Å². The summed E-state index contributed by atoms with van der Waals surface area (Å²) in [6, 6.07) is 0. The minimum absolute atomic E-state index is 0. The third kappa shape index (κ3) is 16.3. The Balaban J connectivity index is -0.0000000695. The van der Waals surface area contributed by atoms with E-state index in [9.17, 15) is 0 Å². The summed E-state index contributed by atoms with van der Waals surface area (Å²) in [6.45, 7) is 9.60. The molecule has 0 spiro atoms. The molecule has 1 nitrogen and oxygen atoms in total. The molecular weight excluding hydrogens is 484 g/mol. The molecule has 0 unspecified atom stereocenters. The van der Waals surface area contributed by atoms with E-state index in [2.05, 4.69) is 35.0 Å². The van der Waals surface area contributed by atoms with E-state index in [0.29, 0.717) is 0 Å². The van der Waals surface area contributed by atoms with E-state index in [1.165, 1.54) is 20.5 Å². The van der Waals surface area contributed by atoms with Gasteiger partial charge < -0.3 is 20.6 Å². The van der Waals surface area contributed by atoms with Gasteiger partial charge in [-0.25, -0.2) is 6.08 Å². The summed E-state index contributed by atoms with van der Waals surface area (Å²) < 4.78 is 1.32. The van der Waals surface area contributed by atoms with Crippen molar-refractivity contribution in [3.63, 3.8) is 0 Å². The van der Waals surface area contributed by atoms with E-state index >= 15 is 0 Å². The van der Waals surface area contributed by atoms with Crippen LogP contribution in [0.1, 0.15) is 27.7 Å². The number of allylic oxidation sites excluding steroid dienone is 4. The van der Waals surface area contributed by atoms with Crippen molar-refractivity contribution in [3.05, 3.63) is 53.3 Å². The summed E-state index contributed by atoms with van der Waals surface area (Å²) in [7, 11) is 0. The first kappa shape index (κ1) is 34.1. The van der Waals surface area contributed by atoms with Gasteiger partial charge in [0.15, 0.2) is 0 Å². The summed E-state index contributed by atoms with van der Waals surface area (Å²) in [5.74, 6) is 1.08. The van der Waals surface area contributed by atoms with E-state index in [1.54, 1.807) is 23.3 Å². The van der Waals surface area contributed by atoms with E-state index in [1.807, 2.05) is 39.4 Å². The van der Waals surface area contributed by atoms with Crippen LogP contribution < -0.4 is 0 Å². The van der Waals surface area contributed by atoms with Crippen molar-refractivity contribution in [1.82, 2.24) is 0 Å². The van der Waals surface area contributed by atoms with Gasteiger partial charge in [-0.3, -0.25) is 0 Å². The molecule has 0 atom stereocenters. The summed E-state index contributed by atoms with van der Waals surface area (Å²) in [5, 5.41) is 0. The van der Waals surface area contributed by atoms with Gasteiger partial charge in [-0.15, -0.1) is 47.0 Å². The first-order valence-corrected chi connectivity index (χ1v) is 12.9. The van der Waals surface area contributed by atoms with Gasteiger partial charge in [0.25, 0.3) is 0 Å². The second-order valence-electron chi connectivity index (χ2n) is 4.64. The van der Waals surface area contributed by atoms with E-state index < -0.39 is 0 Å². The van der Waals surface area contributed by atoms with Gasteiger partial charge >= 0.3 is 30.2 Å². The van der Waals surface area contributed by atoms with Gasteiger partial charge in [0.05, 0.1) is 0 Å². The molecule has 0 fully saturated rings. The first-order chi connectivity index (χ1) is 7.77. The number of hydrogen-bond acceptors (Lipinski definition) is 1. The molecule has 1 aliphatic heterocycles. The van der Waals surface area contributed by atoms with Crippen molar-refractivity contribution in [3.8, 4) is 0 Å². The second kappa shape index (κ2) is 16.5. The van der Waals surface area contributed by atoms with Crippen LogP contribution in [0.3, 0.4) is 0 Å². The third-order valence-electron chi connectivity index (χ3n) is 1.55. The Morgan fingerprint density at radius 3 is 2.00 bits per heavy atom. The average molecular weight is 511 g/mol. The SMILES string of the molecule is CC(C)(C)[NH-].CC1=CC2=C(Br)CSC2=[C-]1.Cl.Cl.[CH3-].[CH3-].[SiH2]=[Zr]. The normalized spacial score (nSPS) is 14.0. The van der Waals surface area contributed by atoms with Crippen LogP contribution in [0.25, 0.3) is 5.73 Å². The monoisotopic (exact) mass is 507 g/mol. The Kier molecular flexibility index (Phi) is 26.9. The molecule has 0 saturated carbocycles. The molecule has 0 aromatic heterocycles. The summed E-state index contributed by atoms with van der Waals surface area (Å²) in [5.41, 5.74) is 9.28. The third-order valence-corrected chi connectivity index (χ3v) is 3.67. The Labute approximate surface area is 173 Å². The summed E-state index contributed by atoms with van der Waals surface area (Å²) in [6.07, 6.45) is 5.48. The van der Waals surface area contributed by atoms with Gasteiger partial charge in [0.2, 0.25) is 0 Å². The fourth-order valence-electron chi connectivity index (χ4n) is 1.09. The Bertz CT molecular complexity index is 374. The van der Waals surface area contributed by atoms with Crippen LogP contribution in [-0.2, 0) is 23.3 Å². The topological polar surface area (TPSA) is 23.8 Å². The molecule has 2 rings (SSSR count). The molecule has 1 N–H and O–H groups in total. The fourth-order valence-corrected chi connectivity index (χ4v) is 2.88. The van der Waals surface area contributed by atoms with Crippen molar-refractivity contribution in [2.24, 2.45) is 0 Å². The van der Waals surface area contributed by atoms with Gasteiger partial charge in [-0.2, -0.15) is 17.2 Å². The van der Waals surface area contributed by atoms with Crippen molar-refractivity contribution in [2.75, 3.05) is 5.75 Å². The molecule has 7 heteroatoms. The zero-order chi connectivity index (χ0) is 13.6. The van der Waals surface area contributed by atoms with E-state index in [-0.39, 0.29) is 45.2 Å². The van der Waals surface area contributed by atoms with Gasteiger partial charge in [-0.05, 0) is 0 Å². The molecule has 0 amide bonds. The molecule has 1 heterocycles. The number of nitrogens with one attached hydrogen (secondary N) is 1. The van der Waals surface area contributed by atoms with Gasteiger partial charge in [-0.1, -0.05) is 48.1 Å². The zero-order valence-electron chi connectivity index (χ0n) is 13.6. The first-order valence-electron chi connectivity index (χ1n) is 5.22. The molecule has 126 valence electrons. The number of rotatable bonds is 0. The van der Waals surface area contributed by atoms with Crippen LogP contribution in [0.15, 0.2) is 26.6 Å². The van der Waals surface area contributed by atoms with Crippen LogP contribution in [-0.4, -0.2) is 18.2 Å². The van der Waals surface area contributed by atoms with Crippen LogP contribution in [0.2, 0.25) is 0 Å². The standard InChI is InChI=1S/C8H6BrS.C4H10N.2CH3.2ClH.H2Si.Zr/c1-5-2-6-7(9)4-10-8(6)3-5;1-4(2,3)5;;;;;;/h2H,4H2,1H3;5H,1-3H3;2*1H3;2*1H;1H2;/q4*-1;;;;. The predicted molar refractivity (Wildman–Crippen MR) is 109 cm³/mol. The van der Waals surface area contributed by atoms with Crippen molar-refractivity contribution in [2.45, 2.75) is 33.2 Å². The minimum atomic E-state index is -0.250. The van der Waals surface area contributed by atoms with Gasteiger partial charge in [0.1, 0.15) is 0 Å². The van der Waals surface area contributed by atoms with Crippen LogP contribution in [0.4, 0.5) is 0 Å². The quantitative estimate of drug-likeness (QED) is 0.303. The molecular formula is C14H26BrCl2NSSiZr-4. The van der Waals surface area contributed by atoms with Crippen LogP contribution in [0, 0.1) is 20.9 Å². The summed E-state index contributed by atoms with van der Waals surface area (Å²) in [4.78, 5) is 1.31. The molecule has 0 bridgehead atoms. The average Bonchev–Trinajstić information content (AvgIpc) is 2.69. The molecule has 2 aliphatic rings. The number of halogens is 3. The van der Waals surface area contributed by atoms with E-state index in [4.69, 9.17) is 5.73 Å². The van der Waals surface area contributed by atoms with Crippen molar-refractivity contribution >= 4 is 59.4 Å². The maximum absolute atomic E-state index is 6.94. The maximum atomic E-state index is 6.94. The Morgan fingerprint density at radius 2 is 1.67 bits per heavy atom. The molecule has 0 aromatic rings. The number of thioether (sulfide) groups is 1.